The van der Waals surface area contributed by atoms with Crippen LogP contribution in [0.25, 0.3) is 27.5 Å². The number of H-pyrrole nitrogens is 1. The number of ether oxygens (including phenoxy) is 1. The third-order valence-corrected chi connectivity index (χ3v) is 4.90. The number of aromatic amines is 1. The van der Waals surface area contributed by atoms with Crippen molar-refractivity contribution in [1.29, 1.82) is 0 Å². The second kappa shape index (κ2) is 5.63. The number of nitrogen functional groups attached to an aromatic ring is 1. The summed E-state index contributed by atoms with van der Waals surface area (Å²) < 4.78 is 7.81. The molecule has 0 atom stereocenters. The Balaban J connectivity index is 2.11. The van der Waals surface area contributed by atoms with Crippen LogP contribution in [-0.2, 0) is 0 Å². The molecule has 0 saturated heterocycles. The zero-order valence-electron chi connectivity index (χ0n) is 13.6. The summed E-state index contributed by atoms with van der Waals surface area (Å²) in [5.41, 5.74) is 9.06. The van der Waals surface area contributed by atoms with Gasteiger partial charge in [-0.25, -0.2) is 4.68 Å². The Morgan fingerprint density at radius 2 is 2.04 bits per heavy atom. The van der Waals surface area contributed by atoms with Crippen LogP contribution >= 0.6 is 15.9 Å². The van der Waals surface area contributed by atoms with Crippen molar-refractivity contribution < 1.29 is 4.74 Å². The van der Waals surface area contributed by atoms with Gasteiger partial charge in [-0.1, -0.05) is 18.2 Å². The molecule has 0 amide bonds. The lowest BCUT2D eigenvalue weighted by atomic mass is 10.1. The van der Waals surface area contributed by atoms with Crippen LogP contribution in [0.4, 0.5) is 5.82 Å². The van der Waals surface area contributed by atoms with E-state index in [1.165, 1.54) is 0 Å². The molecule has 25 heavy (non-hydrogen) atoms. The quantitative estimate of drug-likeness (QED) is 0.540. The molecule has 0 fully saturated rings. The highest BCUT2D eigenvalue weighted by molar-refractivity contribution is 9.10. The van der Waals surface area contributed by atoms with Crippen LogP contribution in [-0.4, -0.2) is 21.9 Å². The Morgan fingerprint density at radius 3 is 2.80 bits per heavy atom. The van der Waals surface area contributed by atoms with E-state index in [4.69, 9.17) is 10.5 Å². The number of benzene rings is 2. The van der Waals surface area contributed by atoms with Gasteiger partial charge in [0, 0.05) is 11.5 Å². The maximum Gasteiger partial charge on any atom is 0.261 e. The number of hydrogen-bond donors (Lipinski definition) is 2. The maximum atomic E-state index is 12.5. The first-order valence-electron chi connectivity index (χ1n) is 7.65. The molecule has 0 radical (unpaired) electrons. The van der Waals surface area contributed by atoms with Crippen LogP contribution in [0.1, 0.15) is 5.56 Å². The van der Waals surface area contributed by atoms with Crippen molar-refractivity contribution in [3.05, 3.63) is 56.8 Å². The molecule has 0 saturated carbocycles. The summed E-state index contributed by atoms with van der Waals surface area (Å²) in [4.78, 5) is 15.4. The summed E-state index contributed by atoms with van der Waals surface area (Å²) in [6, 6.07) is 11.3. The van der Waals surface area contributed by atoms with Crippen LogP contribution in [0.2, 0.25) is 0 Å². The number of methoxy groups -OCH3 is 1. The minimum atomic E-state index is -0.251. The topological polar surface area (TPSA) is 85.9 Å². The minimum Gasteiger partial charge on any atom is -0.495 e. The molecule has 0 aliphatic rings. The fourth-order valence-corrected chi connectivity index (χ4v) is 3.66. The number of pyridine rings is 1. The van der Waals surface area contributed by atoms with Crippen molar-refractivity contribution >= 4 is 43.6 Å². The molecule has 3 N–H and O–H groups in total. The van der Waals surface area contributed by atoms with Gasteiger partial charge in [0.2, 0.25) is 0 Å². The van der Waals surface area contributed by atoms with Crippen LogP contribution in [0, 0.1) is 6.92 Å². The minimum absolute atomic E-state index is 0.251. The fourth-order valence-electron chi connectivity index (χ4n) is 3.04. The largest absolute Gasteiger partial charge is 0.495 e. The number of anilines is 1. The molecule has 2 aromatic heterocycles. The Labute approximate surface area is 151 Å². The van der Waals surface area contributed by atoms with Crippen LogP contribution < -0.4 is 16.0 Å². The number of nitrogens with zero attached hydrogens (tertiary/aromatic N) is 2. The number of nitrogens with two attached hydrogens (primary N) is 1. The van der Waals surface area contributed by atoms with E-state index in [0.717, 1.165) is 26.6 Å². The van der Waals surface area contributed by atoms with Gasteiger partial charge in [-0.15, -0.1) is 0 Å². The highest BCUT2D eigenvalue weighted by atomic mass is 79.9. The zero-order chi connectivity index (χ0) is 17.7. The average Bonchev–Trinajstić information content (AvgIpc) is 2.93. The van der Waals surface area contributed by atoms with Crippen LogP contribution in [0.5, 0.6) is 5.75 Å². The lowest BCUT2D eigenvalue weighted by molar-refractivity contribution is 0.411. The number of aryl methyl sites for hydroxylation is 1. The van der Waals surface area contributed by atoms with Gasteiger partial charge in [0.05, 0.1) is 22.8 Å². The predicted octanol–water partition coefficient (Wildman–Crippen LogP) is 3.53. The molecule has 126 valence electrons. The Hall–Kier alpha value is -2.80. The number of hydrogen-bond acceptors (Lipinski definition) is 4. The lowest BCUT2D eigenvalue weighted by Gasteiger charge is -2.11. The number of nitrogens with one attached hydrogen (secondary N) is 1. The molecular weight excluding hydrogens is 384 g/mol. The summed E-state index contributed by atoms with van der Waals surface area (Å²) in [5, 5.41) is 5.88. The van der Waals surface area contributed by atoms with E-state index in [-0.39, 0.29) is 5.56 Å². The molecular formula is C18H15BrN4O2. The van der Waals surface area contributed by atoms with Gasteiger partial charge < -0.3 is 15.5 Å². The molecule has 0 spiro atoms. The molecule has 0 bridgehead atoms. The normalized spacial score (nSPS) is 11.3. The van der Waals surface area contributed by atoms with Gasteiger partial charge in [-0.2, -0.15) is 5.10 Å². The number of rotatable bonds is 2. The molecule has 4 aromatic rings. The molecule has 7 heteroatoms. The van der Waals surface area contributed by atoms with Gasteiger partial charge in [0.15, 0.2) is 0 Å². The van der Waals surface area contributed by atoms with Crippen molar-refractivity contribution in [2.45, 2.75) is 6.92 Å². The van der Waals surface area contributed by atoms with Crippen molar-refractivity contribution in [2.75, 3.05) is 12.8 Å². The van der Waals surface area contributed by atoms with E-state index >= 15 is 0 Å². The summed E-state index contributed by atoms with van der Waals surface area (Å²) in [6.45, 7) is 1.95. The highest BCUT2D eigenvalue weighted by Crippen LogP contribution is 2.33. The van der Waals surface area contributed by atoms with Crippen molar-refractivity contribution in [1.82, 2.24) is 14.8 Å². The van der Waals surface area contributed by atoms with E-state index in [9.17, 15) is 4.79 Å². The monoisotopic (exact) mass is 398 g/mol. The van der Waals surface area contributed by atoms with Crippen LogP contribution in [0.15, 0.2) is 45.7 Å². The maximum absolute atomic E-state index is 12.5. The molecule has 2 heterocycles. The van der Waals surface area contributed by atoms with E-state index in [1.54, 1.807) is 11.8 Å². The number of halogens is 1. The predicted molar refractivity (Wildman–Crippen MR) is 103 cm³/mol. The third kappa shape index (κ3) is 2.31. The first kappa shape index (κ1) is 15.7. The fraction of sp³-hybridized carbons (Fsp3) is 0.111. The second-order valence-electron chi connectivity index (χ2n) is 5.79. The highest BCUT2D eigenvalue weighted by Gasteiger charge is 2.18. The average molecular weight is 399 g/mol. The van der Waals surface area contributed by atoms with Gasteiger partial charge in [0.1, 0.15) is 22.5 Å². The Kier molecular flexibility index (Phi) is 3.54. The molecule has 0 aliphatic carbocycles. The van der Waals surface area contributed by atoms with Gasteiger partial charge in [0.25, 0.3) is 5.56 Å². The van der Waals surface area contributed by atoms with E-state index in [2.05, 4.69) is 26.0 Å². The van der Waals surface area contributed by atoms with Gasteiger partial charge in [-0.3, -0.25) is 4.79 Å². The molecule has 2 aromatic carbocycles. The third-order valence-electron chi connectivity index (χ3n) is 4.28. The number of fused-ring (bicyclic) bond motifs is 3. The lowest BCUT2D eigenvalue weighted by Crippen LogP contribution is -2.08. The number of aromatic nitrogens is 3. The summed E-state index contributed by atoms with van der Waals surface area (Å²) in [6.07, 6.45) is 0. The van der Waals surface area contributed by atoms with Gasteiger partial charge >= 0.3 is 0 Å². The van der Waals surface area contributed by atoms with Crippen LogP contribution in [0.3, 0.4) is 0 Å². The molecule has 0 aliphatic heterocycles. The Morgan fingerprint density at radius 1 is 1.28 bits per heavy atom. The Bertz CT molecular complexity index is 1190. The van der Waals surface area contributed by atoms with E-state index in [1.807, 2.05) is 43.3 Å². The summed E-state index contributed by atoms with van der Waals surface area (Å²) in [5.74, 6) is 0.966. The first-order valence-corrected chi connectivity index (χ1v) is 8.44. The smallest absolute Gasteiger partial charge is 0.261 e. The molecule has 0 unspecified atom stereocenters. The van der Waals surface area contributed by atoms with E-state index < -0.39 is 0 Å². The van der Waals surface area contributed by atoms with Crippen molar-refractivity contribution in [3.8, 4) is 11.4 Å². The second-order valence-corrected chi connectivity index (χ2v) is 6.65. The van der Waals surface area contributed by atoms with Crippen molar-refractivity contribution in [3.63, 3.8) is 0 Å². The van der Waals surface area contributed by atoms with E-state index in [0.29, 0.717) is 22.5 Å². The first-order chi connectivity index (χ1) is 12.0. The van der Waals surface area contributed by atoms with Gasteiger partial charge in [-0.05, 0) is 40.5 Å². The standard InChI is InChI=1S/C18H15BrN4O2/c1-9-7-11(19)14(25-2)8-13(9)23-17(20)15-16(22-23)10-5-3-4-6-12(10)21-18(15)24/h3-8H,20H2,1-2H3,(H,21,24). The zero-order valence-corrected chi connectivity index (χ0v) is 15.2. The molecule has 4 rings (SSSR count). The SMILES string of the molecule is COc1cc(-n2nc3c(c2N)c(=O)[nH]c2ccccc23)c(C)cc1Br. The molecule has 6 nitrogen and oxygen atoms in total. The summed E-state index contributed by atoms with van der Waals surface area (Å²) >= 11 is 3.47. The summed E-state index contributed by atoms with van der Waals surface area (Å²) in [7, 11) is 1.60. The number of para-hydroxylation sites is 1. The van der Waals surface area contributed by atoms with Crippen molar-refractivity contribution in [2.24, 2.45) is 0 Å².